The molecule has 1 heteroatoms. The fourth-order valence-electron chi connectivity index (χ4n) is 2.88. The van der Waals surface area contributed by atoms with Crippen molar-refractivity contribution in [1.29, 1.82) is 0 Å². The van der Waals surface area contributed by atoms with Crippen molar-refractivity contribution in [3.05, 3.63) is 58.7 Å². The number of aryl methyl sites for hydroxylation is 2. The summed E-state index contributed by atoms with van der Waals surface area (Å²) in [6, 6.07) is 13.5. The van der Waals surface area contributed by atoms with Crippen molar-refractivity contribution in [3.8, 4) is 11.1 Å². The Morgan fingerprint density at radius 3 is 2.78 bits per heavy atom. The first kappa shape index (κ1) is 11.5. The molecule has 0 aliphatic heterocycles. The summed E-state index contributed by atoms with van der Waals surface area (Å²) in [5.41, 5.74) is 14.3. The van der Waals surface area contributed by atoms with Crippen molar-refractivity contribution in [2.45, 2.75) is 32.7 Å². The smallest absolute Gasteiger partial charge is 0.0300 e. The molecular formula is C17H19N. The van der Waals surface area contributed by atoms with Gasteiger partial charge in [0, 0.05) is 6.04 Å². The summed E-state index contributed by atoms with van der Waals surface area (Å²) in [7, 11) is 0. The van der Waals surface area contributed by atoms with Crippen LogP contribution in [-0.2, 0) is 6.42 Å². The highest BCUT2D eigenvalue weighted by molar-refractivity contribution is 5.70. The molecule has 0 radical (unpaired) electrons. The molecule has 1 nitrogen and oxygen atoms in total. The molecule has 0 aromatic heterocycles. The molecule has 2 aromatic carbocycles. The maximum atomic E-state index is 6.09. The summed E-state index contributed by atoms with van der Waals surface area (Å²) in [6.45, 7) is 4.37. The lowest BCUT2D eigenvalue weighted by Crippen LogP contribution is -2.04. The zero-order valence-electron chi connectivity index (χ0n) is 11.0. The van der Waals surface area contributed by atoms with Crippen LogP contribution in [0.3, 0.4) is 0 Å². The molecule has 1 aliphatic rings. The minimum atomic E-state index is 0.243. The number of hydrogen-bond acceptors (Lipinski definition) is 1. The van der Waals surface area contributed by atoms with Crippen molar-refractivity contribution < 1.29 is 0 Å². The van der Waals surface area contributed by atoms with E-state index in [0.717, 1.165) is 12.8 Å². The van der Waals surface area contributed by atoms with Crippen LogP contribution in [0.4, 0.5) is 0 Å². The van der Waals surface area contributed by atoms with Gasteiger partial charge in [0.05, 0.1) is 0 Å². The molecule has 0 heterocycles. The second kappa shape index (κ2) is 4.25. The van der Waals surface area contributed by atoms with Gasteiger partial charge in [0.25, 0.3) is 0 Å². The minimum absolute atomic E-state index is 0.243. The normalized spacial score (nSPS) is 17.8. The van der Waals surface area contributed by atoms with Gasteiger partial charge in [0.2, 0.25) is 0 Å². The van der Waals surface area contributed by atoms with E-state index in [9.17, 15) is 0 Å². The summed E-state index contributed by atoms with van der Waals surface area (Å²) in [4.78, 5) is 0. The summed E-state index contributed by atoms with van der Waals surface area (Å²) in [5.74, 6) is 0. The van der Waals surface area contributed by atoms with Gasteiger partial charge in [-0.25, -0.2) is 0 Å². The van der Waals surface area contributed by atoms with Crippen molar-refractivity contribution in [2.24, 2.45) is 5.73 Å². The van der Waals surface area contributed by atoms with Crippen molar-refractivity contribution in [3.63, 3.8) is 0 Å². The van der Waals surface area contributed by atoms with Crippen LogP contribution in [0.2, 0.25) is 0 Å². The van der Waals surface area contributed by atoms with Crippen LogP contribution >= 0.6 is 0 Å². The molecule has 0 amide bonds. The molecule has 3 rings (SSSR count). The maximum absolute atomic E-state index is 6.09. The first-order valence-corrected chi connectivity index (χ1v) is 6.62. The molecule has 1 atom stereocenters. The van der Waals surface area contributed by atoms with Crippen LogP contribution in [0.15, 0.2) is 36.4 Å². The second-order valence-electron chi connectivity index (χ2n) is 5.31. The van der Waals surface area contributed by atoms with Crippen LogP contribution in [0.5, 0.6) is 0 Å². The number of benzene rings is 2. The van der Waals surface area contributed by atoms with Gasteiger partial charge >= 0.3 is 0 Å². The predicted octanol–water partition coefficient (Wildman–Crippen LogP) is 3.92. The number of rotatable bonds is 1. The molecule has 2 N–H and O–H groups in total. The Kier molecular flexibility index (Phi) is 2.71. The minimum Gasteiger partial charge on any atom is -0.324 e. The van der Waals surface area contributed by atoms with Gasteiger partial charge in [-0.15, -0.1) is 0 Å². The maximum Gasteiger partial charge on any atom is 0.0300 e. The van der Waals surface area contributed by atoms with Crippen LogP contribution < -0.4 is 5.73 Å². The van der Waals surface area contributed by atoms with Crippen LogP contribution in [0.1, 0.15) is 34.7 Å². The zero-order valence-corrected chi connectivity index (χ0v) is 11.0. The highest BCUT2D eigenvalue weighted by atomic mass is 14.6. The highest BCUT2D eigenvalue weighted by Crippen LogP contribution is 2.34. The van der Waals surface area contributed by atoms with E-state index in [1.54, 1.807) is 0 Å². The van der Waals surface area contributed by atoms with E-state index in [2.05, 4.69) is 50.2 Å². The Hall–Kier alpha value is -1.60. The van der Waals surface area contributed by atoms with Crippen LogP contribution in [0.25, 0.3) is 11.1 Å². The molecule has 1 aliphatic carbocycles. The van der Waals surface area contributed by atoms with Crippen LogP contribution in [-0.4, -0.2) is 0 Å². The second-order valence-corrected chi connectivity index (χ2v) is 5.31. The quantitative estimate of drug-likeness (QED) is 0.799. The molecule has 0 fully saturated rings. The lowest BCUT2D eigenvalue weighted by Gasteiger charge is -2.11. The largest absolute Gasteiger partial charge is 0.324 e. The number of fused-ring (bicyclic) bond motifs is 1. The van der Waals surface area contributed by atoms with E-state index in [1.165, 1.54) is 33.4 Å². The van der Waals surface area contributed by atoms with Gasteiger partial charge in [0.1, 0.15) is 0 Å². The molecule has 1 unspecified atom stereocenters. The van der Waals surface area contributed by atoms with Gasteiger partial charge in [-0.1, -0.05) is 36.4 Å². The lowest BCUT2D eigenvalue weighted by atomic mass is 9.94. The van der Waals surface area contributed by atoms with E-state index >= 15 is 0 Å². The molecule has 0 spiro atoms. The van der Waals surface area contributed by atoms with Gasteiger partial charge in [-0.3, -0.25) is 0 Å². The van der Waals surface area contributed by atoms with E-state index in [-0.39, 0.29) is 6.04 Å². The average molecular weight is 237 g/mol. The van der Waals surface area contributed by atoms with Crippen molar-refractivity contribution in [2.75, 3.05) is 0 Å². The molecular weight excluding hydrogens is 218 g/mol. The summed E-state index contributed by atoms with van der Waals surface area (Å²) in [6.07, 6.45) is 2.21. The molecule has 2 aromatic rings. The third-order valence-electron chi connectivity index (χ3n) is 4.18. The molecule has 0 saturated carbocycles. The molecule has 0 saturated heterocycles. The van der Waals surface area contributed by atoms with Crippen molar-refractivity contribution >= 4 is 0 Å². The van der Waals surface area contributed by atoms with Crippen molar-refractivity contribution in [1.82, 2.24) is 0 Å². The highest BCUT2D eigenvalue weighted by Gasteiger charge is 2.19. The van der Waals surface area contributed by atoms with E-state index in [4.69, 9.17) is 5.73 Å². The van der Waals surface area contributed by atoms with Gasteiger partial charge in [-0.05, 0) is 60.1 Å². The summed E-state index contributed by atoms with van der Waals surface area (Å²) < 4.78 is 0. The van der Waals surface area contributed by atoms with Gasteiger partial charge in [0.15, 0.2) is 0 Å². The Labute approximate surface area is 109 Å². The van der Waals surface area contributed by atoms with Gasteiger partial charge in [-0.2, -0.15) is 0 Å². The molecule has 0 bridgehead atoms. The predicted molar refractivity (Wildman–Crippen MR) is 76.6 cm³/mol. The third kappa shape index (κ3) is 1.75. The standard InChI is InChI=1S/C17H19N/c1-11-4-3-5-15(12(11)2)13-6-8-16-14(10-13)7-9-17(16)18/h3-6,8,10,17H,7,9,18H2,1-2H3. The Bertz CT molecular complexity index is 599. The summed E-state index contributed by atoms with van der Waals surface area (Å²) >= 11 is 0. The lowest BCUT2D eigenvalue weighted by molar-refractivity contribution is 0.713. The van der Waals surface area contributed by atoms with E-state index < -0.39 is 0 Å². The zero-order chi connectivity index (χ0) is 12.7. The molecule has 92 valence electrons. The number of nitrogens with two attached hydrogens (primary N) is 1. The Morgan fingerprint density at radius 2 is 1.94 bits per heavy atom. The van der Waals surface area contributed by atoms with E-state index in [0.29, 0.717) is 0 Å². The first-order chi connectivity index (χ1) is 8.66. The Balaban J connectivity index is 2.11. The number of hydrogen-bond donors (Lipinski definition) is 1. The van der Waals surface area contributed by atoms with Gasteiger partial charge < -0.3 is 5.73 Å². The van der Waals surface area contributed by atoms with Crippen LogP contribution in [0, 0.1) is 13.8 Å². The SMILES string of the molecule is Cc1cccc(-c2ccc3c(c2)CCC3N)c1C. The van der Waals surface area contributed by atoms with E-state index in [1.807, 2.05) is 0 Å². The fraction of sp³-hybridized carbons (Fsp3) is 0.294. The summed E-state index contributed by atoms with van der Waals surface area (Å²) in [5, 5.41) is 0. The average Bonchev–Trinajstić information content (AvgIpc) is 2.74. The topological polar surface area (TPSA) is 26.0 Å². The molecule has 18 heavy (non-hydrogen) atoms. The fourth-order valence-corrected chi connectivity index (χ4v) is 2.88. The third-order valence-corrected chi connectivity index (χ3v) is 4.18. The Morgan fingerprint density at radius 1 is 1.11 bits per heavy atom. The first-order valence-electron chi connectivity index (χ1n) is 6.62. The monoisotopic (exact) mass is 237 g/mol.